The molecule has 0 aromatic carbocycles. The maximum atomic E-state index is 11.5. The van der Waals surface area contributed by atoms with Crippen LogP contribution in [-0.4, -0.2) is 16.2 Å². The molecule has 5 heteroatoms. The second kappa shape index (κ2) is 6.95. The third-order valence-corrected chi connectivity index (χ3v) is 3.01. The zero-order valence-corrected chi connectivity index (χ0v) is 11.3. The highest BCUT2D eigenvalue weighted by atomic mass is 79.9. The Hall–Kier alpha value is -0.420. The van der Waals surface area contributed by atoms with Crippen LogP contribution in [0.1, 0.15) is 19.3 Å². The minimum atomic E-state index is 0.0321. The van der Waals surface area contributed by atoms with Gasteiger partial charge in [-0.2, -0.15) is 0 Å². The average Bonchev–Trinajstić information content (AvgIpc) is 2.22. The van der Waals surface area contributed by atoms with Gasteiger partial charge < -0.3 is 5.32 Å². The van der Waals surface area contributed by atoms with Crippen molar-refractivity contribution >= 4 is 43.5 Å². The number of aromatic nitrogens is 1. The van der Waals surface area contributed by atoms with Gasteiger partial charge in [-0.3, -0.25) is 4.79 Å². The summed E-state index contributed by atoms with van der Waals surface area (Å²) in [6.07, 6.45) is 4.13. The predicted molar refractivity (Wildman–Crippen MR) is 68.2 cm³/mol. The van der Waals surface area contributed by atoms with Gasteiger partial charge in [-0.15, -0.1) is 0 Å². The molecule has 1 N–H and O–H groups in total. The number of nitrogens with zero attached hydrogens (tertiary/aromatic N) is 1. The van der Waals surface area contributed by atoms with Gasteiger partial charge in [-0.05, 0) is 40.9 Å². The molecule has 1 heterocycles. The molecule has 15 heavy (non-hydrogen) atoms. The van der Waals surface area contributed by atoms with Crippen LogP contribution in [0.2, 0.25) is 0 Å². The molecule has 1 aromatic rings. The third-order valence-electron chi connectivity index (χ3n) is 1.82. The van der Waals surface area contributed by atoms with Crippen molar-refractivity contribution in [2.75, 3.05) is 10.6 Å². The number of anilines is 1. The van der Waals surface area contributed by atoms with Crippen LogP contribution in [0.3, 0.4) is 0 Å². The normalized spacial score (nSPS) is 10.0. The number of halogens is 2. The Labute approximate surface area is 106 Å². The van der Waals surface area contributed by atoms with Crippen molar-refractivity contribution in [3.05, 3.63) is 22.9 Å². The maximum absolute atomic E-state index is 11.5. The number of unbranched alkanes of at least 4 members (excludes halogenated alkanes) is 1. The first-order valence-electron chi connectivity index (χ1n) is 4.70. The average molecular weight is 336 g/mol. The molecule has 0 saturated heterocycles. The first-order chi connectivity index (χ1) is 7.24. The molecular formula is C10H12Br2N2O. The van der Waals surface area contributed by atoms with E-state index in [9.17, 15) is 4.79 Å². The smallest absolute Gasteiger partial charge is 0.224 e. The molecule has 0 bridgehead atoms. The highest BCUT2D eigenvalue weighted by Gasteiger charge is 2.04. The summed E-state index contributed by atoms with van der Waals surface area (Å²) < 4.78 is 0.666. The second-order valence-corrected chi connectivity index (χ2v) is 4.58. The number of amides is 1. The first kappa shape index (κ1) is 12.6. The van der Waals surface area contributed by atoms with Gasteiger partial charge in [0.2, 0.25) is 5.91 Å². The molecule has 0 spiro atoms. The van der Waals surface area contributed by atoms with E-state index in [-0.39, 0.29) is 5.91 Å². The van der Waals surface area contributed by atoms with Gasteiger partial charge in [-0.25, -0.2) is 4.98 Å². The zero-order valence-electron chi connectivity index (χ0n) is 8.17. The summed E-state index contributed by atoms with van der Waals surface area (Å²) in [5, 5.41) is 3.75. The maximum Gasteiger partial charge on any atom is 0.224 e. The van der Waals surface area contributed by atoms with Crippen LogP contribution < -0.4 is 5.32 Å². The van der Waals surface area contributed by atoms with Crippen molar-refractivity contribution < 1.29 is 4.79 Å². The van der Waals surface area contributed by atoms with Crippen molar-refractivity contribution in [2.45, 2.75) is 19.3 Å². The van der Waals surface area contributed by atoms with Gasteiger partial charge in [0.1, 0.15) is 4.60 Å². The fraction of sp³-hybridized carbons (Fsp3) is 0.400. The number of pyridine rings is 1. The highest BCUT2D eigenvalue weighted by molar-refractivity contribution is 9.10. The molecular weight excluding hydrogens is 324 g/mol. The summed E-state index contributed by atoms with van der Waals surface area (Å²) in [6, 6.07) is 3.61. The quantitative estimate of drug-likeness (QED) is 0.509. The van der Waals surface area contributed by atoms with E-state index in [2.05, 4.69) is 42.2 Å². The Kier molecular flexibility index (Phi) is 5.86. The van der Waals surface area contributed by atoms with E-state index in [1.807, 2.05) is 6.07 Å². The van der Waals surface area contributed by atoms with Crippen LogP contribution in [0.15, 0.2) is 22.9 Å². The lowest BCUT2D eigenvalue weighted by atomic mass is 10.2. The Morgan fingerprint density at radius 2 is 2.27 bits per heavy atom. The minimum Gasteiger partial charge on any atom is -0.324 e. The van der Waals surface area contributed by atoms with Crippen LogP contribution >= 0.6 is 31.9 Å². The van der Waals surface area contributed by atoms with E-state index in [4.69, 9.17) is 0 Å². The number of rotatable bonds is 5. The van der Waals surface area contributed by atoms with Crippen molar-refractivity contribution in [2.24, 2.45) is 0 Å². The fourth-order valence-corrected chi connectivity index (χ4v) is 1.82. The van der Waals surface area contributed by atoms with Crippen LogP contribution in [0.5, 0.6) is 0 Å². The van der Waals surface area contributed by atoms with Gasteiger partial charge >= 0.3 is 0 Å². The number of nitrogens with one attached hydrogen (secondary N) is 1. The van der Waals surface area contributed by atoms with Gasteiger partial charge in [0.05, 0.1) is 5.69 Å². The molecule has 0 aliphatic heterocycles. The standard InChI is InChI=1S/C10H12Br2N2O/c11-6-2-1-5-9(15)14-8-4-3-7-13-10(8)12/h3-4,7H,1-2,5-6H2,(H,14,15). The first-order valence-corrected chi connectivity index (χ1v) is 6.62. The van der Waals surface area contributed by atoms with Gasteiger partial charge in [0.25, 0.3) is 0 Å². The molecule has 0 aliphatic carbocycles. The van der Waals surface area contributed by atoms with Gasteiger partial charge in [0.15, 0.2) is 0 Å². The van der Waals surface area contributed by atoms with E-state index < -0.39 is 0 Å². The molecule has 0 aliphatic rings. The molecule has 1 amide bonds. The predicted octanol–water partition coefficient (Wildman–Crippen LogP) is 3.35. The number of hydrogen-bond acceptors (Lipinski definition) is 2. The molecule has 82 valence electrons. The molecule has 0 radical (unpaired) electrons. The Balaban J connectivity index is 2.41. The van der Waals surface area contributed by atoms with E-state index in [1.165, 1.54) is 0 Å². The summed E-state index contributed by atoms with van der Waals surface area (Å²) in [6.45, 7) is 0. The number of carbonyl (C=O) groups excluding carboxylic acids is 1. The zero-order chi connectivity index (χ0) is 11.1. The minimum absolute atomic E-state index is 0.0321. The summed E-state index contributed by atoms with van der Waals surface area (Å²) in [5.41, 5.74) is 0.723. The molecule has 1 rings (SSSR count). The SMILES string of the molecule is O=C(CCCCBr)Nc1cccnc1Br. The van der Waals surface area contributed by atoms with E-state index in [0.717, 1.165) is 23.9 Å². The van der Waals surface area contributed by atoms with Crippen molar-refractivity contribution in [1.29, 1.82) is 0 Å². The molecule has 0 atom stereocenters. The summed E-state index contributed by atoms with van der Waals surface area (Å²) in [4.78, 5) is 15.5. The Morgan fingerprint density at radius 3 is 2.93 bits per heavy atom. The second-order valence-electron chi connectivity index (χ2n) is 3.04. The summed E-state index contributed by atoms with van der Waals surface area (Å²) in [7, 11) is 0. The lowest BCUT2D eigenvalue weighted by Gasteiger charge is -2.05. The number of hydrogen-bond donors (Lipinski definition) is 1. The topological polar surface area (TPSA) is 42.0 Å². The number of alkyl halides is 1. The van der Waals surface area contributed by atoms with Gasteiger partial charge in [-0.1, -0.05) is 15.9 Å². The monoisotopic (exact) mass is 334 g/mol. The lowest BCUT2D eigenvalue weighted by molar-refractivity contribution is -0.116. The summed E-state index contributed by atoms with van der Waals surface area (Å²) >= 11 is 6.60. The van der Waals surface area contributed by atoms with E-state index >= 15 is 0 Å². The van der Waals surface area contributed by atoms with Crippen molar-refractivity contribution in [3.63, 3.8) is 0 Å². The molecule has 3 nitrogen and oxygen atoms in total. The van der Waals surface area contributed by atoms with Crippen LogP contribution in [0.25, 0.3) is 0 Å². The van der Waals surface area contributed by atoms with Crippen LogP contribution in [0.4, 0.5) is 5.69 Å². The highest BCUT2D eigenvalue weighted by Crippen LogP contribution is 2.18. The van der Waals surface area contributed by atoms with Gasteiger partial charge in [0, 0.05) is 17.9 Å². The Morgan fingerprint density at radius 1 is 1.47 bits per heavy atom. The van der Waals surface area contributed by atoms with Crippen molar-refractivity contribution in [1.82, 2.24) is 4.98 Å². The number of carbonyl (C=O) groups is 1. The lowest BCUT2D eigenvalue weighted by Crippen LogP contribution is -2.11. The van der Waals surface area contributed by atoms with E-state index in [0.29, 0.717) is 11.0 Å². The molecule has 0 saturated carbocycles. The molecule has 1 aromatic heterocycles. The molecule has 0 unspecified atom stereocenters. The van der Waals surface area contributed by atoms with Crippen LogP contribution in [0, 0.1) is 0 Å². The van der Waals surface area contributed by atoms with E-state index in [1.54, 1.807) is 12.3 Å². The third kappa shape index (κ3) is 4.75. The van der Waals surface area contributed by atoms with Crippen molar-refractivity contribution in [3.8, 4) is 0 Å². The Bertz CT molecular complexity index is 331. The fourth-order valence-electron chi connectivity index (χ4n) is 1.07. The largest absolute Gasteiger partial charge is 0.324 e. The van der Waals surface area contributed by atoms with Crippen LogP contribution in [-0.2, 0) is 4.79 Å². The summed E-state index contributed by atoms with van der Waals surface area (Å²) in [5.74, 6) is 0.0321. The molecule has 0 fully saturated rings.